The number of para-hydroxylation sites is 1. The van der Waals surface area contributed by atoms with Gasteiger partial charge >= 0.3 is 5.97 Å². The molecule has 4 aromatic rings. The van der Waals surface area contributed by atoms with E-state index in [0.717, 1.165) is 34.6 Å². The lowest BCUT2D eigenvalue weighted by molar-refractivity contribution is -0.116. The fourth-order valence-electron chi connectivity index (χ4n) is 6.14. The number of hydrogen-bond donors (Lipinski definition) is 3. The number of esters is 1. The minimum absolute atomic E-state index is 0.0242. The van der Waals surface area contributed by atoms with Crippen LogP contribution >= 0.6 is 23.1 Å². The Morgan fingerprint density at radius 3 is 2.38 bits per heavy atom. The van der Waals surface area contributed by atoms with Crippen molar-refractivity contribution in [3.05, 3.63) is 112 Å². The van der Waals surface area contributed by atoms with Crippen LogP contribution < -0.4 is 20.7 Å². The second-order valence-corrected chi connectivity index (χ2v) is 16.0. The molecule has 52 heavy (non-hydrogen) atoms. The van der Waals surface area contributed by atoms with Crippen molar-refractivity contribution in [1.82, 2.24) is 5.32 Å². The minimum Gasteiger partial charge on any atom is -0.496 e. The molecular weight excluding hydrogens is 695 g/mol. The van der Waals surface area contributed by atoms with Gasteiger partial charge in [0.05, 0.1) is 25.0 Å². The third kappa shape index (κ3) is 9.32. The summed E-state index contributed by atoms with van der Waals surface area (Å²) in [5.74, 6) is -0.609. The molecule has 0 aliphatic heterocycles. The Bertz CT molecular complexity index is 1960. The number of methoxy groups -OCH3 is 2. The van der Waals surface area contributed by atoms with Gasteiger partial charge in [-0.2, -0.15) is 0 Å². The molecule has 0 saturated carbocycles. The number of fused-ring (bicyclic) bond motifs is 1. The summed E-state index contributed by atoms with van der Waals surface area (Å²) >= 11 is 2.84. The molecule has 3 aromatic carbocycles. The van der Waals surface area contributed by atoms with Gasteiger partial charge in [-0.1, -0.05) is 70.2 Å². The monoisotopic (exact) mass is 739 g/mol. The van der Waals surface area contributed by atoms with Crippen LogP contribution in [0.15, 0.2) is 89.5 Å². The lowest BCUT2D eigenvalue weighted by atomic mass is 9.72. The molecule has 5 rings (SSSR count). The average molecular weight is 740 g/mol. The Labute approximate surface area is 313 Å². The van der Waals surface area contributed by atoms with E-state index in [0.29, 0.717) is 45.5 Å². The van der Waals surface area contributed by atoms with Crippen molar-refractivity contribution >= 4 is 63.6 Å². The Balaban J connectivity index is 1.33. The molecule has 1 aromatic heterocycles. The van der Waals surface area contributed by atoms with Crippen molar-refractivity contribution in [2.24, 2.45) is 11.3 Å². The van der Waals surface area contributed by atoms with Gasteiger partial charge in [0.25, 0.3) is 11.8 Å². The van der Waals surface area contributed by atoms with Gasteiger partial charge in [0.1, 0.15) is 16.4 Å². The minimum atomic E-state index is -0.534. The van der Waals surface area contributed by atoms with E-state index in [1.807, 2.05) is 31.2 Å². The van der Waals surface area contributed by atoms with Gasteiger partial charge in [0.15, 0.2) is 0 Å². The molecule has 0 bridgehead atoms. The Kier molecular flexibility index (Phi) is 12.6. The summed E-state index contributed by atoms with van der Waals surface area (Å²) in [5.41, 5.74) is 3.10. The average Bonchev–Trinajstić information content (AvgIpc) is 3.50. The Morgan fingerprint density at radius 1 is 0.962 bits per heavy atom. The maximum atomic E-state index is 13.7. The summed E-state index contributed by atoms with van der Waals surface area (Å²) in [6, 6.07) is 23.0. The lowest BCUT2D eigenvalue weighted by Gasteiger charge is -2.33. The molecule has 1 heterocycles. The van der Waals surface area contributed by atoms with E-state index in [1.54, 1.807) is 60.7 Å². The molecule has 1 aliphatic carbocycles. The van der Waals surface area contributed by atoms with E-state index in [1.165, 1.54) is 37.3 Å². The van der Waals surface area contributed by atoms with Crippen molar-refractivity contribution in [1.29, 1.82) is 0 Å². The van der Waals surface area contributed by atoms with Crippen LogP contribution in [-0.2, 0) is 27.2 Å². The van der Waals surface area contributed by atoms with Crippen LogP contribution in [0.4, 0.5) is 10.7 Å². The van der Waals surface area contributed by atoms with Crippen molar-refractivity contribution in [2.45, 2.75) is 63.5 Å². The predicted octanol–water partition coefficient (Wildman–Crippen LogP) is 8.61. The van der Waals surface area contributed by atoms with E-state index < -0.39 is 23.0 Å². The summed E-state index contributed by atoms with van der Waals surface area (Å²) in [7, 11) is 2.90. The van der Waals surface area contributed by atoms with Gasteiger partial charge in [-0.05, 0) is 85.1 Å². The zero-order valence-electron chi connectivity index (χ0n) is 30.3. The number of benzene rings is 3. The van der Waals surface area contributed by atoms with Crippen molar-refractivity contribution in [2.75, 3.05) is 24.9 Å². The highest BCUT2D eigenvalue weighted by molar-refractivity contribution is 8.00. The molecule has 9 nitrogen and oxygen atoms in total. The van der Waals surface area contributed by atoms with Crippen LogP contribution in [-0.4, -0.2) is 43.2 Å². The first-order chi connectivity index (χ1) is 24.9. The third-order valence-corrected chi connectivity index (χ3v) is 11.6. The van der Waals surface area contributed by atoms with Crippen LogP contribution in [0.3, 0.4) is 0 Å². The molecule has 272 valence electrons. The number of thioether (sulfide) groups is 1. The van der Waals surface area contributed by atoms with Crippen molar-refractivity contribution in [3.63, 3.8) is 0 Å². The van der Waals surface area contributed by atoms with Crippen LogP contribution in [0, 0.1) is 11.3 Å². The van der Waals surface area contributed by atoms with Crippen molar-refractivity contribution in [3.8, 4) is 5.75 Å². The molecule has 1 aliphatic rings. The standard InChI is InChI=1S/C41H45N3O6S2/c1-7-33(38(47)44-39-35(40(48)50-6)30-21-20-27(41(2,3)4)23-34(30)52-39)51-29-18-13-17-28(24-29)42-37(46)31(22-26-16-11-12-19-32(26)49-5)43-36(45)25-14-9-8-10-15-25/h8-19,22,24,27,33H,7,20-21,23H2,1-6H3,(H,42,46)(H,43,45)(H,44,47)/b31-22+. The number of anilines is 2. The maximum absolute atomic E-state index is 13.7. The van der Waals surface area contributed by atoms with Crippen LogP contribution in [0.25, 0.3) is 6.08 Å². The van der Waals surface area contributed by atoms with Gasteiger partial charge in [-0.15, -0.1) is 23.1 Å². The van der Waals surface area contributed by atoms with E-state index in [4.69, 9.17) is 9.47 Å². The number of carbonyl (C=O) groups excluding carboxylic acids is 4. The Hall–Kier alpha value is -4.87. The predicted molar refractivity (Wildman–Crippen MR) is 209 cm³/mol. The van der Waals surface area contributed by atoms with Crippen molar-refractivity contribution < 1.29 is 28.7 Å². The first-order valence-electron chi connectivity index (χ1n) is 17.2. The molecule has 0 spiro atoms. The zero-order chi connectivity index (χ0) is 37.4. The normalized spacial score (nSPS) is 14.8. The summed E-state index contributed by atoms with van der Waals surface area (Å²) in [4.78, 5) is 55.4. The summed E-state index contributed by atoms with van der Waals surface area (Å²) in [6.45, 7) is 8.66. The Morgan fingerprint density at radius 2 is 1.69 bits per heavy atom. The molecule has 0 saturated heterocycles. The first kappa shape index (κ1) is 38.4. The second kappa shape index (κ2) is 17.1. The SMILES string of the molecule is CCC(Sc1cccc(NC(=O)/C(=C\c2ccccc2OC)NC(=O)c2ccccc2)c1)C(=O)Nc1sc2c(c1C(=O)OC)CCC(C(C)(C)C)C2. The van der Waals surface area contributed by atoms with E-state index in [9.17, 15) is 19.2 Å². The van der Waals surface area contributed by atoms with Gasteiger partial charge in [0.2, 0.25) is 5.91 Å². The highest BCUT2D eigenvalue weighted by atomic mass is 32.2. The van der Waals surface area contributed by atoms with Gasteiger partial charge < -0.3 is 25.4 Å². The molecular formula is C41H45N3O6S2. The summed E-state index contributed by atoms with van der Waals surface area (Å²) < 4.78 is 10.6. The lowest BCUT2D eigenvalue weighted by Crippen LogP contribution is -2.30. The molecule has 0 radical (unpaired) electrons. The molecule has 0 fully saturated rings. The number of rotatable bonds is 12. The number of carbonyl (C=O) groups is 4. The smallest absolute Gasteiger partial charge is 0.341 e. The molecule has 2 unspecified atom stereocenters. The van der Waals surface area contributed by atoms with Gasteiger partial charge in [0, 0.05) is 26.6 Å². The molecule has 11 heteroatoms. The third-order valence-electron chi connectivity index (χ3n) is 9.12. The van der Waals surface area contributed by atoms with E-state index in [2.05, 4.69) is 36.7 Å². The maximum Gasteiger partial charge on any atom is 0.341 e. The van der Waals surface area contributed by atoms with Gasteiger partial charge in [-0.3, -0.25) is 14.4 Å². The second-order valence-electron chi connectivity index (χ2n) is 13.6. The van der Waals surface area contributed by atoms with E-state index in [-0.39, 0.29) is 17.0 Å². The van der Waals surface area contributed by atoms with Crippen LogP contribution in [0.2, 0.25) is 0 Å². The topological polar surface area (TPSA) is 123 Å². The van der Waals surface area contributed by atoms with E-state index >= 15 is 0 Å². The number of nitrogens with one attached hydrogen (secondary N) is 3. The van der Waals surface area contributed by atoms with Crippen LogP contribution in [0.1, 0.15) is 77.3 Å². The van der Waals surface area contributed by atoms with Gasteiger partial charge in [-0.25, -0.2) is 4.79 Å². The highest BCUT2D eigenvalue weighted by Crippen LogP contribution is 2.45. The fraction of sp³-hybridized carbons (Fsp3) is 0.317. The first-order valence-corrected chi connectivity index (χ1v) is 18.9. The van der Waals surface area contributed by atoms with Crippen LogP contribution in [0.5, 0.6) is 5.75 Å². The number of amides is 3. The number of thiophene rings is 1. The fourth-order valence-corrected chi connectivity index (χ4v) is 8.47. The molecule has 2 atom stereocenters. The summed E-state index contributed by atoms with van der Waals surface area (Å²) in [6.07, 6.45) is 4.69. The number of hydrogen-bond acceptors (Lipinski definition) is 8. The quantitative estimate of drug-likeness (QED) is 0.0756. The molecule has 3 amide bonds. The summed E-state index contributed by atoms with van der Waals surface area (Å²) in [5, 5.41) is 8.77. The largest absolute Gasteiger partial charge is 0.496 e. The number of ether oxygens (including phenoxy) is 2. The molecule has 3 N–H and O–H groups in total. The zero-order valence-corrected chi connectivity index (χ0v) is 32.0. The highest BCUT2D eigenvalue weighted by Gasteiger charge is 2.35.